The average Bonchev–Trinajstić information content (AvgIpc) is 3.38. The van der Waals surface area contributed by atoms with E-state index in [1.165, 1.54) is 0 Å². The second-order valence-electron chi connectivity index (χ2n) is 8.14. The fourth-order valence-electron chi connectivity index (χ4n) is 4.22. The van der Waals surface area contributed by atoms with Crippen molar-refractivity contribution in [3.63, 3.8) is 0 Å². The first-order valence-corrected chi connectivity index (χ1v) is 9.93. The zero-order chi connectivity index (χ0) is 20.8. The minimum absolute atomic E-state index is 0.0537. The summed E-state index contributed by atoms with van der Waals surface area (Å²) < 4.78 is 43.7. The van der Waals surface area contributed by atoms with Crippen LogP contribution in [0.25, 0.3) is 0 Å². The fraction of sp³-hybridized carbons (Fsp3) is 0.632. The number of amides is 1. The number of hydrogen-bond acceptors (Lipinski definition) is 4. The summed E-state index contributed by atoms with van der Waals surface area (Å²) in [4.78, 5) is 14.4. The van der Waals surface area contributed by atoms with Gasteiger partial charge in [-0.1, -0.05) is 13.8 Å². The van der Waals surface area contributed by atoms with Gasteiger partial charge >= 0.3 is 6.18 Å². The Bertz CT molecular complexity index is 860. The molecule has 2 aliphatic rings. The Hall–Kier alpha value is -2.52. The van der Waals surface area contributed by atoms with Crippen LogP contribution in [0.15, 0.2) is 24.5 Å². The molecule has 1 amide bonds. The van der Waals surface area contributed by atoms with E-state index in [0.717, 1.165) is 11.1 Å². The lowest BCUT2D eigenvalue weighted by Gasteiger charge is -2.35. The molecule has 0 aromatic carbocycles. The topological polar surface area (TPSA) is 68.0 Å². The van der Waals surface area contributed by atoms with E-state index in [2.05, 4.69) is 15.5 Å². The fourth-order valence-corrected chi connectivity index (χ4v) is 4.22. The van der Waals surface area contributed by atoms with Crippen molar-refractivity contribution in [2.45, 2.75) is 64.0 Å². The molecule has 7 nitrogen and oxygen atoms in total. The van der Waals surface area contributed by atoms with Gasteiger partial charge < -0.3 is 10.2 Å². The largest absolute Gasteiger partial charge is 0.410 e. The molecular weight excluding hydrogens is 385 g/mol. The lowest BCUT2D eigenvalue weighted by Crippen LogP contribution is -2.41. The SMILES string of the molecule is CC(C)[C@@H]1C[C@H](C(F)(F)F)n2nc(C3CCCN3C(=O)Cn3cccn3)cc2N1. The highest BCUT2D eigenvalue weighted by molar-refractivity contribution is 5.76. The first-order chi connectivity index (χ1) is 13.7. The number of anilines is 1. The Morgan fingerprint density at radius 1 is 1.38 bits per heavy atom. The summed E-state index contributed by atoms with van der Waals surface area (Å²) in [6, 6.07) is 1.17. The Kier molecular flexibility index (Phi) is 5.04. The van der Waals surface area contributed by atoms with Crippen LogP contribution in [0.2, 0.25) is 0 Å². The molecule has 0 aliphatic carbocycles. The van der Waals surface area contributed by atoms with Crippen LogP contribution in [0, 0.1) is 5.92 Å². The summed E-state index contributed by atoms with van der Waals surface area (Å²) >= 11 is 0. The van der Waals surface area contributed by atoms with E-state index in [1.54, 1.807) is 34.1 Å². The monoisotopic (exact) mass is 410 g/mol. The maximum atomic E-state index is 13.7. The molecule has 0 radical (unpaired) electrons. The Morgan fingerprint density at radius 2 is 2.17 bits per heavy atom. The van der Waals surface area contributed by atoms with Crippen molar-refractivity contribution in [3.8, 4) is 0 Å². The lowest BCUT2D eigenvalue weighted by molar-refractivity contribution is -0.174. The molecule has 4 heterocycles. The van der Waals surface area contributed by atoms with Crippen molar-refractivity contribution in [3.05, 3.63) is 30.2 Å². The van der Waals surface area contributed by atoms with E-state index in [-0.39, 0.29) is 36.9 Å². The minimum atomic E-state index is -4.38. The van der Waals surface area contributed by atoms with Gasteiger partial charge in [-0.2, -0.15) is 23.4 Å². The molecule has 0 spiro atoms. The first-order valence-electron chi connectivity index (χ1n) is 9.93. The van der Waals surface area contributed by atoms with E-state index in [4.69, 9.17) is 0 Å². The molecule has 2 aromatic heterocycles. The molecule has 10 heteroatoms. The standard InChI is InChI=1S/C19H25F3N6O/c1-12(2)13-9-16(19(20,21)22)28-17(24-13)10-14(25-28)15-5-3-8-27(15)18(29)11-26-7-4-6-23-26/h4,6-7,10,12-13,15-16,24H,3,5,8-9,11H2,1-2H3/t13-,15?,16+/m0/s1. The van der Waals surface area contributed by atoms with Crippen LogP contribution in [0.4, 0.5) is 19.0 Å². The normalized spacial score (nSPS) is 24.6. The van der Waals surface area contributed by atoms with Crippen LogP contribution in [0.1, 0.15) is 50.9 Å². The van der Waals surface area contributed by atoms with Gasteiger partial charge in [0.25, 0.3) is 0 Å². The predicted octanol–water partition coefficient (Wildman–Crippen LogP) is 3.39. The summed E-state index contributed by atoms with van der Waals surface area (Å²) in [5, 5.41) is 11.6. The molecule has 2 aliphatic heterocycles. The van der Waals surface area contributed by atoms with Gasteiger partial charge in [0, 0.05) is 31.0 Å². The highest BCUT2D eigenvalue weighted by Gasteiger charge is 2.47. The zero-order valence-electron chi connectivity index (χ0n) is 16.4. The van der Waals surface area contributed by atoms with Crippen molar-refractivity contribution < 1.29 is 18.0 Å². The molecule has 29 heavy (non-hydrogen) atoms. The van der Waals surface area contributed by atoms with Gasteiger partial charge in [-0.05, 0) is 31.2 Å². The third-order valence-electron chi connectivity index (χ3n) is 5.81. The second-order valence-corrected chi connectivity index (χ2v) is 8.14. The number of aromatic nitrogens is 4. The number of hydrogen-bond donors (Lipinski definition) is 1. The average molecular weight is 410 g/mol. The highest BCUT2D eigenvalue weighted by Crippen LogP contribution is 2.42. The summed E-state index contributed by atoms with van der Waals surface area (Å²) in [7, 11) is 0. The van der Waals surface area contributed by atoms with Crippen molar-refractivity contribution >= 4 is 11.7 Å². The third kappa shape index (κ3) is 3.84. The summed E-state index contributed by atoms with van der Waals surface area (Å²) in [6.45, 7) is 4.49. The van der Waals surface area contributed by atoms with E-state index in [9.17, 15) is 18.0 Å². The van der Waals surface area contributed by atoms with Gasteiger partial charge in [-0.15, -0.1) is 0 Å². The van der Waals surface area contributed by atoms with Gasteiger partial charge in [-0.25, -0.2) is 4.68 Å². The molecule has 0 bridgehead atoms. The molecule has 1 unspecified atom stereocenters. The van der Waals surface area contributed by atoms with Crippen LogP contribution in [-0.4, -0.2) is 49.1 Å². The van der Waals surface area contributed by atoms with Gasteiger partial charge in [0.2, 0.25) is 5.91 Å². The molecule has 0 saturated carbocycles. The number of alkyl halides is 3. The van der Waals surface area contributed by atoms with Gasteiger partial charge in [0.1, 0.15) is 12.4 Å². The molecule has 3 atom stereocenters. The number of fused-ring (bicyclic) bond motifs is 1. The van der Waals surface area contributed by atoms with Crippen LogP contribution in [0.3, 0.4) is 0 Å². The van der Waals surface area contributed by atoms with Crippen molar-refractivity contribution in [2.24, 2.45) is 5.92 Å². The molecule has 1 fully saturated rings. The molecule has 1 N–H and O–H groups in total. The van der Waals surface area contributed by atoms with Gasteiger partial charge in [0.15, 0.2) is 6.04 Å². The van der Waals surface area contributed by atoms with Crippen molar-refractivity contribution in [2.75, 3.05) is 11.9 Å². The maximum Gasteiger partial charge on any atom is 0.410 e. The number of carbonyl (C=O) groups is 1. The second kappa shape index (κ2) is 7.38. The number of nitrogens with zero attached hydrogens (tertiary/aromatic N) is 5. The number of halogens is 3. The molecule has 4 rings (SSSR count). The summed E-state index contributed by atoms with van der Waals surface area (Å²) in [6.07, 6.45) is 0.364. The first kappa shape index (κ1) is 19.8. The highest BCUT2D eigenvalue weighted by atomic mass is 19.4. The third-order valence-corrected chi connectivity index (χ3v) is 5.81. The van der Waals surface area contributed by atoms with Crippen LogP contribution >= 0.6 is 0 Å². The summed E-state index contributed by atoms with van der Waals surface area (Å²) in [5.41, 5.74) is 0.512. The van der Waals surface area contributed by atoms with E-state index < -0.39 is 12.2 Å². The minimum Gasteiger partial charge on any atom is -0.367 e. The zero-order valence-corrected chi connectivity index (χ0v) is 16.4. The maximum absolute atomic E-state index is 13.7. The van der Waals surface area contributed by atoms with Crippen LogP contribution < -0.4 is 5.32 Å². The molecule has 2 aromatic rings. The van der Waals surface area contributed by atoms with Crippen LogP contribution in [0.5, 0.6) is 0 Å². The lowest BCUT2D eigenvalue weighted by atomic mass is 9.94. The number of carbonyl (C=O) groups excluding carboxylic acids is 1. The quantitative estimate of drug-likeness (QED) is 0.839. The van der Waals surface area contributed by atoms with E-state index in [1.807, 2.05) is 13.8 Å². The van der Waals surface area contributed by atoms with E-state index in [0.29, 0.717) is 24.5 Å². The Labute approximate surface area is 166 Å². The summed E-state index contributed by atoms with van der Waals surface area (Å²) in [5.74, 6) is 0.326. The number of nitrogens with one attached hydrogen (secondary N) is 1. The van der Waals surface area contributed by atoms with E-state index >= 15 is 0 Å². The van der Waals surface area contributed by atoms with Crippen molar-refractivity contribution in [1.29, 1.82) is 0 Å². The molecule has 1 saturated heterocycles. The molecular formula is C19H25F3N6O. The Balaban J connectivity index is 1.60. The number of rotatable bonds is 4. The smallest absolute Gasteiger partial charge is 0.367 e. The van der Waals surface area contributed by atoms with Crippen molar-refractivity contribution in [1.82, 2.24) is 24.5 Å². The Morgan fingerprint density at radius 3 is 2.83 bits per heavy atom. The number of likely N-dealkylation sites (tertiary alicyclic amines) is 1. The van der Waals surface area contributed by atoms with Gasteiger partial charge in [0.05, 0.1) is 11.7 Å². The van der Waals surface area contributed by atoms with Crippen LogP contribution in [-0.2, 0) is 11.3 Å². The van der Waals surface area contributed by atoms with Gasteiger partial charge in [-0.3, -0.25) is 9.48 Å². The predicted molar refractivity (Wildman–Crippen MR) is 100 cm³/mol. The molecule has 158 valence electrons.